The third-order valence-electron chi connectivity index (χ3n) is 11.7. The predicted octanol–water partition coefficient (Wildman–Crippen LogP) is 5.30. The molecule has 0 aliphatic heterocycles. The normalized spacial score (nSPS) is 12.6. The molecule has 23 heteroatoms. The first-order chi connectivity index (χ1) is 33.3. The molecular weight excluding hydrogens is 1020 g/mol. The maximum atomic E-state index is 13.7. The molecule has 4 rings (SSSR count). The van der Waals surface area contributed by atoms with Gasteiger partial charge in [0.1, 0.15) is 16.3 Å². The first kappa shape index (κ1) is 65.8. The van der Waals surface area contributed by atoms with E-state index in [1.165, 1.54) is 130 Å². The van der Waals surface area contributed by atoms with Crippen LogP contribution in [0.1, 0.15) is 137 Å². The van der Waals surface area contributed by atoms with Crippen LogP contribution in [0, 0.1) is 5.41 Å². The van der Waals surface area contributed by atoms with Crippen LogP contribution in [-0.4, -0.2) is 81.1 Å². The molecule has 0 radical (unpaired) electrons. The number of amides is 2. The Hall–Kier alpha value is -3.32. The van der Waals surface area contributed by atoms with E-state index in [0.29, 0.717) is 6.54 Å². The Labute approximate surface area is 475 Å². The number of carbonyl (C=O) groups excluding carboxylic acids is 3. The van der Waals surface area contributed by atoms with Gasteiger partial charge in [0.2, 0.25) is 22.0 Å². The van der Waals surface area contributed by atoms with Crippen molar-refractivity contribution in [2.75, 3.05) is 24.2 Å². The van der Waals surface area contributed by atoms with Crippen LogP contribution in [0.25, 0.3) is 10.8 Å². The molecule has 4 aromatic rings. The van der Waals surface area contributed by atoms with Crippen molar-refractivity contribution in [3.05, 3.63) is 66.7 Å². The van der Waals surface area contributed by atoms with E-state index in [2.05, 4.69) is 27.8 Å². The molecule has 73 heavy (non-hydrogen) atoms. The summed E-state index contributed by atoms with van der Waals surface area (Å²) < 4.78 is 102. The van der Waals surface area contributed by atoms with Crippen molar-refractivity contribution < 1.29 is 118 Å². The fraction of sp³-hybridized carbons (Fsp3) is 0.500. The first-order valence-electron chi connectivity index (χ1n) is 24.0. The second kappa shape index (κ2) is 30.4. The Kier molecular flexibility index (Phi) is 27.4. The summed E-state index contributed by atoms with van der Waals surface area (Å²) in [5.41, 5.74) is -1.94. The van der Waals surface area contributed by atoms with Crippen LogP contribution in [0.15, 0.2) is 91.6 Å². The number of hydrogen-bond donors (Lipinski definition) is 5. The predicted molar refractivity (Wildman–Crippen MR) is 273 cm³/mol. The summed E-state index contributed by atoms with van der Waals surface area (Å²) in [6, 6.07) is 13.3. The molecule has 4 aromatic carbocycles. The molecule has 0 aliphatic rings. The van der Waals surface area contributed by atoms with Gasteiger partial charge >= 0.3 is 59.1 Å². The van der Waals surface area contributed by atoms with Crippen LogP contribution < -0.4 is 74.5 Å². The smallest absolute Gasteiger partial charge is 0.505 e. The Morgan fingerprint density at radius 3 is 1.64 bits per heavy atom. The molecule has 0 saturated heterocycles. The third-order valence-corrected chi connectivity index (χ3v) is 15.3. The number of hydrogen-bond acceptors (Lipinski definition) is 13. The van der Waals surface area contributed by atoms with E-state index in [0.717, 1.165) is 50.8 Å². The first-order valence-corrected chi connectivity index (χ1v) is 28.3. The molecule has 0 bridgehead atoms. The van der Waals surface area contributed by atoms with E-state index in [1.54, 1.807) is 27.8 Å². The van der Waals surface area contributed by atoms with Gasteiger partial charge in [0, 0.05) is 37.0 Å². The summed E-state index contributed by atoms with van der Waals surface area (Å²) in [6.45, 7) is 8.50. The molecule has 18 nitrogen and oxygen atoms in total. The van der Waals surface area contributed by atoms with Crippen molar-refractivity contribution in [3.8, 4) is 11.5 Å². The molecule has 5 N–H and O–H groups in total. The average Bonchev–Trinajstić information content (AvgIpc) is 3.29. The van der Waals surface area contributed by atoms with Crippen molar-refractivity contribution in [2.45, 2.75) is 158 Å². The Balaban J connectivity index is 0.00000913. The standard InChI is InChI=1S/C50H69N5O13S3.2Na/c1-7-8-9-10-11-12-13-14-15-16-17-18-19-20-21-22-31-55(6)69(60,61)40-29-25-37(26-30-40)52-49(59)47(48(58)50(3,4)5)68-39-27-23-38(24-28-39)53-54-45-43(71(65,66)67)33-36-32-41(70(62,63)64)34-42(51-35(2)56)44(36)46(45)57;;/h23-30,32-34,47,57H,7-22,31H2,1-6H3,(H,51,56)(H,52,59)(H,62,63,64)(H,65,66,67);;/q;2*+1. The number of ether oxygens (including phenoxy) is 1. The molecule has 390 valence electrons. The molecule has 0 aromatic heterocycles. The zero-order chi connectivity index (χ0) is 52.6. The number of ketones is 1. The van der Waals surface area contributed by atoms with Gasteiger partial charge < -0.3 is 20.5 Å². The van der Waals surface area contributed by atoms with Crippen molar-refractivity contribution in [1.82, 2.24) is 4.31 Å². The largest absolute Gasteiger partial charge is 1.00 e. The van der Waals surface area contributed by atoms with Crippen LogP contribution in [-0.2, 0) is 44.6 Å². The average molecular weight is 1090 g/mol. The van der Waals surface area contributed by atoms with Gasteiger partial charge in [-0.15, -0.1) is 5.11 Å². The van der Waals surface area contributed by atoms with E-state index in [9.17, 15) is 53.8 Å². The molecule has 0 spiro atoms. The van der Waals surface area contributed by atoms with Crippen LogP contribution in [0.2, 0.25) is 0 Å². The third kappa shape index (κ3) is 20.6. The summed E-state index contributed by atoms with van der Waals surface area (Å²) in [4.78, 5) is 37.5. The second-order valence-corrected chi connectivity index (χ2v) is 23.6. The number of rotatable bonds is 29. The van der Waals surface area contributed by atoms with Crippen molar-refractivity contribution in [3.63, 3.8) is 0 Å². The summed E-state index contributed by atoms with van der Waals surface area (Å²) in [7, 11) is -12.3. The van der Waals surface area contributed by atoms with Gasteiger partial charge in [0.25, 0.3) is 26.1 Å². The van der Waals surface area contributed by atoms with Crippen molar-refractivity contribution >= 4 is 81.4 Å². The number of fused-ring (bicyclic) bond motifs is 1. The summed E-state index contributed by atoms with van der Waals surface area (Å²) >= 11 is 0. The molecule has 1 atom stereocenters. The van der Waals surface area contributed by atoms with Crippen LogP contribution in [0.4, 0.5) is 22.7 Å². The Bertz CT molecular complexity index is 2840. The molecule has 0 fully saturated rings. The molecule has 0 heterocycles. The quantitative estimate of drug-likeness (QED) is 0.0152. The van der Waals surface area contributed by atoms with Crippen molar-refractivity contribution in [2.24, 2.45) is 15.6 Å². The molecule has 0 aliphatic carbocycles. The number of aromatic hydroxyl groups is 1. The number of phenolic OH excluding ortho intramolecular Hbond substituents is 1. The number of unbranched alkanes of at least 4 members (excludes halogenated alkanes) is 15. The Morgan fingerprint density at radius 2 is 1.18 bits per heavy atom. The topological polar surface area (TPSA) is 276 Å². The number of nitrogens with zero attached hydrogens (tertiary/aromatic N) is 3. The van der Waals surface area contributed by atoms with Gasteiger partial charge in [-0.05, 0) is 78.5 Å². The fourth-order valence-corrected chi connectivity index (χ4v) is 10.2. The maximum absolute atomic E-state index is 13.7. The molecule has 1 unspecified atom stereocenters. The monoisotopic (exact) mass is 1090 g/mol. The SMILES string of the molecule is CCCCCCCCCCCCCCCCCCN(C)S(=O)(=O)c1ccc(NC(=O)C(Oc2ccc(N=Nc3c(S(=O)(=O)O)cc4cc(S(=O)(=O)O)cc(NC(C)=O)c4c3O)cc2)C(=O)C(C)(C)C)cc1.[Na+].[Na+]. The van der Waals surface area contributed by atoms with Gasteiger partial charge in [0.15, 0.2) is 11.5 Å². The number of carbonyl (C=O) groups is 3. The number of Topliss-reactive ketones (excluding diaryl/α,β-unsaturated/α-hetero) is 1. The molecule has 2 amide bonds. The van der Waals surface area contributed by atoms with E-state index in [-0.39, 0.29) is 97.6 Å². The van der Waals surface area contributed by atoms with Crippen molar-refractivity contribution in [1.29, 1.82) is 0 Å². The molecular formula is C50H69N5Na2O13S3+2. The van der Waals surface area contributed by atoms with Gasteiger partial charge in [0.05, 0.1) is 21.2 Å². The number of nitrogens with one attached hydrogen (secondary N) is 2. The van der Waals surface area contributed by atoms with Gasteiger partial charge in [-0.1, -0.05) is 124 Å². The number of benzene rings is 4. The number of phenols is 1. The zero-order valence-corrected chi connectivity index (χ0v) is 49.9. The van der Waals surface area contributed by atoms with E-state index in [4.69, 9.17) is 4.74 Å². The van der Waals surface area contributed by atoms with E-state index >= 15 is 0 Å². The summed E-state index contributed by atoms with van der Waals surface area (Å²) in [5, 5.41) is 23.4. The number of azo groups is 1. The molecule has 0 saturated carbocycles. The van der Waals surface area contributed by atoms with Gasteiger partial charge in [-0.3, -0.25) is 23.5 Å². The second-order valence-electron chi connectivity index (χ2n) is 18.7. The van der Waals surface area contributed by atoms with E-state index < -0.39 is 80.6 Å². The minimum atomic E-state index is -5.16. The Morgan fingerprint density at radius 1 is 0.671 bits per heavy atom. The van der Waals surface area contributed by atoms with Gasteiger partial charge in [-0.25, -0.2) is 12.7 Å². The minimum absolute atomic E-state index is 0. The zero-order valence-electron chi connectivity index (χ0n) is 43.4. The number of sulfonamides is 1. The summed E-state index contributed by atoms with van der Waals surface area (Å²) in [6.07, 6.45) is 17.9. The van der Waals surface area contributed by atoms with E-state index in [1.807, 2.05) is 0 Å². The van der Waals surface area contributed by atoms with Crippen LogP contribution in [0.3, 0.4) is 0 Å². The minimum Gasteiger partial charge on any atom is -0.505 e. The fourth-order valence-electron chi connectivity index (χ4n) is 7.75. The maximum Gasteiger partial charge on any atom is 1.00 e. The number of anilines is 2. The summed E-state index contributed by atoms with van der Waals surface area (Å²) in [5.74, 6) is -3.04. The van der Waals surface area contributed by atoms with Crippen LogP contribution >= 0.6 is 0 Å². The van der Waals surface area contributed by atoms with Gasteiger partial charge in [-0.2, -0.15) is 21.9 Å². The van der Waals surface area contributed by atoms with Crippen LogP contribution in [0.5, 0.6) is 11.5 Å².